The Bertz CT molecular complexity index is 371. The SMILES string of the molecule is NCCC1CCc2nnc(C(F)(F)F)n2C1. The van der Waals surface area contributed by atoms with E-state index in [1.54, 1.807) is 0 Å². The molecule has 0 saturated carbocycles. The molecular weight excluding hydrogens is 221 g/mol. The van der Waals surface area contributed by atoms with E-state index in [1.165, 1.54) is 4.57 Å². The van der Waals surface area contributed by atoms with Crippen molar-refractivity contribution >= 4 is 0 Å². The summed E-state index contributed by atoms with van der Waals surface area (Å²) in [6.45, 7) is 0.831. The molecule has 1 aliphatic rings. The Balaban J connectivity index is 2.25. The molecule has 90 valence electrons. The molecule has 0 aromatic carbocycles. The number of aromatic nitrogens is 3. The van der Waals surface area contributed by atoms with Gasteiger partial charge in [-0.05, 0) is 25.3 Å². The molecule has 0 aliphatic carbocycles. The Morgan fingerprint density at radius 1 is 1.38 bits per heavy atom. The predicted octanol–water partition coefficient (Wildman–Crippen LogP) is 1.21. The molecule has 0 bridgehead atoms. The summed E-state index contributed by atoms with van der Waals surface area (Å²) in [6, 6.07) is 0. The standard InChI is InChI=1S/C9H13F3N4/c10-9(11,12)8-15-14-7-2-1-6(3-4-13)5-16(7)8/h6H,1-5,13H2. The number of nitrogens with two attached hydrogens (primary N) is 1. The second-order valence-corrected chi connectivity index (χ2v) is 4.03. The normalized spacial score (nSPS) is 20.9. The van der Waals surface area contributed by atoms with Gasteiger partial charge in [0, 0.05) is 13.0 Å². The lowest BCUT2D eigenvalue weighted by atomic mass is 9.96. The Morgan fingerprint density at radius 3 is 2.75 bits per heavy atom. The Hall–Kier alpha value is -1.11. The zero-order valence-electron chi connectivity index (χ0n) is 8.67. The molecule has 2 heterocycles. The third-order valence-electron chi connectivity index (χ3n) is 2.87. The van der Waals surface area contributed by atoms with Crippen LogP contribution in [0.2, 0.25) is 0 Å². The lowest BCUT2D eigenvalue weighted by Gasteiger charge is -2.24. The van der Waals surface area contributed by atoms with E-state index >= 15 is 0 Å². The van der Waals surface area contributed by atoms with Crippen LogP contribution in [-0.4, -0.2) is 21.3 Å². The molecule has 16 heavy (non-hydrogen) atoms. The van der Waals surface area contributed by atoms with Gasteiger partial charge in [0.25, 0.3) is 0 Å². The largest absolute Gasteiger partial charge is 0.451 e. The first-order valence-corrected chi connectivity index (χ1v) is 5.21. The van der Waals surface area contributed by atoms with Gasteiger partial charge in [-0.2, -0.15) is 13.2 Å². The fourth-order valence-electron chi connectivity index (χ4n) is 2.08. The monoisotopic (exact) mass is 234 g/mol. The van der Waals surface area contributed by atoms with Crippen molar-refractivity contribution < 1.29 is 13.2 Å². The third kappa shape index (κ3) is 2.04. The van der Waals surface area contributed by atoms with Crippen molar-refractivity contribution in [2.45, 2.75) is 32.0 Å². The van der Waals surface area contributed by atoms with Gasteiger partial charge in [-0.3, -0.25) is 0 Å². The highest BCUT2D eigenvalue weighted by Gasteiger charge is 2.39. The molecular formula is C9H13F3N4. The van der Waals surface area contributed by atoms with Crippen molar-refractivity contribution in [1.82, 2.24) is 14.8 Å². The summed E-state index contributed by atoms with van der Waals surface area (Å²) < 4.78 is 38.9. The minimum Gasteiger partial charge on any atom is -0.330 e. The van der Waals surface area contributed by atoms with Crippen LogP contribution in [0.3, 0.4) is 0 Å². The van der Waals surface area contributed by atoms with Gasteiger partial charge < -0.3 is 10.3 Å². The van der Waals surface area contributed by atoms with Gasteiger partial charge in [-0.25, -0.2) is 0 Å². The molecule has 0 amide bonds. The highest BCUT2D eigenvalue weighted by molar-refractivity contribution is 5.02. The summed E-state index contributed by atoms with van der Waals surface area (Å²) in [7, 11) is 0. The topological polar surface area (TPSA) is 56.7 Å². The highest BCUT2D eigenvalue weighted by Crippen LogP contribution is 2.31. The number of nitrogens with zero attached hydrogens (tertiary/aromatic N) is 3. The number of hydrogen-bond donors (Lipinski definition) is 1. The van der Waals surface area contributed by atoms with Crippen LogP contribution >= 0.6 is 0 Å². The summed E-state index contributed by atoms with van der Waals surface area (Å²) in [4.78, 5) is 0. The maximum atomic E-state index is 12.6. The van der Waals surface area contributed by atoms with E-state index in [4.69, 9.17) is 5.73 Å². The molecule has 2 rings (SSSR count). The molecule has 1 aromatic rings. The summed E-state index contributed by atoms with van der Waals surface area (Å²) in [5, 5.41) is 6.80. The molecule has 0 fully saturated rings. The molecule has 0 spiro atoms. The molecule has 0 saturated heterocycles. The van der Waals surface area contributed by atoms with E-state index in [-0.39, 0.29) is 5.92 Å². The molecule has 1 unspecified atom stereocenters. The van der Waals surface area contributed by atoms with Gasteiger partial charge >= 0.3 is 6.18 Å². The van der Waals surface area contributed by atoms with Crippen LogP contribution < -0.4 is 5.73 Å². The average Bonchev–Trinajstić information content (AvgIpc) is 2.60. The van der Waals surface area contributed by atoms with Gasteiger partial charge in [-0.15, -0.1) is 10.2 Å². The van der Waals surface area contributed by atoms with E-state index in [0.717, 1.165) is 12.8 Å². The van der Waals surface area contributed by atoms with Crippen molar-refractivity contribution in [2.75, 3.05) is 6.54 Å². The number of hydrogen-bond acceptors (Lipinski definition) is 3. The van der Waals surface area contributed by atoms with Gasteiger partial charge in [0.05, 0.1) is 0 Å². The van der Waals surface area contributed by atoms with E-state index in [9.17, 15) is 13.2 Å². The van der Waals surface area contributed by atoms with E-state index < -0.39 is 12.0 Å². The molecule has 1 aliphatic heterocycles. The summed E-state index contributed by atoms with van der Waals surface area (Å²) in [5.74, 6) is -0.251. The van der Waals surface area contributed by atoms with Crippen molar-refractivity contribution in [3.63, 3.8) is 0 Å². The van der Waals surface area contributed by atoms with E-state index in [2.05, 4.69) is 10.2 Å². The van der Waals surface area contributed by atoms with E-state index in [1.807, 2.05) is 0 Å². The van der Waals surface area contributed by atoms with Gasteiger partial charge in [0.1, 0.15) is 5.82 Å². The molecule has 2 N–H and O–H groups in total. The fourth-order valence-corrected chi connectivity index (χ4v) is 2.08. The number of aryl methyl sites for hydroxylation is 1. The first kappa shape index (κ1) is 11.4. The highest BCUT2D eigenvalue weighted by atomic mass is 19.4. The van der Waals surface area contributed by atoms with Crippen LogP contribution in [0, 0.1) is 5.92 Å². The first-order valence-electron chi connectivity index (χ1n) is 5.21. The molecule has 0 radical (unpaired) electrons. The zero-order chi connectivity index (χ0) is 11.8. The fraction of sp³-hybridized carbons (Fsp3) is 0.778. The van der Waals surface area contributed by atoms with Gasteiger partial charge in [0.2, 0.25) is 5.82 Å². The number of rotatable bonds is 2. The maximum absolute atomic E-state index is 12.6. The van der Waals surface area contributed by atoms with Crippen LogP contribution in [0.5, 0.6) is 0 Å². The quantitative estimate of drug-likeness (QED) is 0.836. The molecule has 1 aromatic heterocycles. The van der Waals surface area contributed by atoms with Crippen LogP contribution in [0.15, 0.2) is 0 Å². The number of alkyl halides is 3. The van der Waals surface area contributed by atoms with Crippen LogP contribution in [0.1, 0.15) is 24.5 Å². The number of halogens is 3. The Morgan fingerprint density at radius 2 is 2.12 bits per heavy atom. The smallest absolute Gasteiger partial charge is 0.330 e. The average molecular weight is 234 g/mol. The lowest BCUT2D eigenvalue weighted by Crippen LogP contribution is -2.26. The van der Waals surface area contributed by atoms with Crippen molar-refractivity contribution in [1.29, 1.82) is 0 Å². The van der Waals surface area contributed by atoms with Crippen molar-refractivity contribution in [3.8, 4) is 0 Å². The van der Waals surface area contributed by atoms with Gasteiger partial charge in [-0.1, -0.05) is 0 Å². The zero-order valence-corrected chi connectivity index (χ0v) is 8.67. The summed E-state index contributed by atoms with van der Waals surface area (Å²) >= 11 is 0. The maximum Gasteiger partial charge on any atom is 0.451 e. The lowest BCUT2D eigenvalue weighted by molar-refractivity contribution is -0.148. The molecule has 4 nitrogen and oxygen atoms in total. The third-order valence-corrected chi connectivity index (χ3v) is 2.87. The summed E-state index contributed by atoms with van der Waals surface area (Å²) in [6.07, 6.45) is -2.29. The minimum atomic E-state index is -4.42. The van der Waals surface area contributed by atoms with Crippen molar-refractivity contribution in [3.05, 3.63) is 11.6 Å². The van der Waals surface area contributed by atoms with Crippen molar-refractivity contribution in [2.24, 2.45) is 11.7 Å². The number of fused-ring (bicyclic) bond motifs is 1. The predicted molar refractivity (Wildman–Crippen MR) is 50.5 cm³/mol. The summed E-state index contributed by atoms with van der Waals surface area (Å²) in [5.41, 5.74) is 5.42. The Kier molecular flexibility index (Phi) is 2.88. The minimum absolute atomic E-state index is 0.203. The second-order valence-electron chi connectivity index (χ2n) is 4.03. The molecule has 7 heteroatoms. The second kappa shape index (κ2) is 4.04. The molecule has 1 atom stereocenters. The van der Waals surface area contributed by atoms with Crippen LogP contribution in [0.4, 0.5) is 13.2 Å². The van der Waals surface area contributed by atoms with E-state index in [0.29, 0.717) is 25.3 Å². The van der Waals surface area contributed by atoms with Crippen LogP contribution in [-0.2, 0) is 19.1 Å². The van der Waals surface area contributed by atoms with Gasteiger partial charge in [0.15, 0.2) is 0 Å². The first-order chi connectivity index (χ1) is 7.52. The Labute approximate surface area is 90.6 Å². The van der Waals surface area contributed by atoms with Crippen LogP contribution in [0.25, 0.3) is 0 Å².